The minimum Gasteiger partial charge on any atom is -0.462 e. The van der Waals surface area contributed by atoms with Crippen molar-refractivity contribution in [3.05, 3.63) is 12.2 Å². The van der Waals surface area contributed by atoms with Crippen LogP contribution in [0.4, 0.5) is 0 Å². The highest BCUT2D eigenvalue weighted by Gasteiger charge is 2.02. The van der Waals surface area contributed by atoms with Crippen molar-refractivity contribution in [1.82, 2.24) is 0 Å². The fourth-order valence-corrected chi connectivity index (χ4v) is 1.42. The van der Waals surface area contributed by atoms with E-state index < -0.39 is 0 Å². The molecule has 0 N–H and O–H groups in total. The summed E-state index contributed by atoms with van der Waals surface area (Å²) < 4.78 is 4.93. The van der Waals surface area contributed by atoms with Crippen LogP contribution >= 0.6 is 11.8 Å². The van der Waals surface area contributed by atoms with Gasteiger partial charge in [0.2, 0.25) is 0 Å². The van der Waals surface area contributed by atoms with Crippen molar-refractivity contribution in [2.24, 2.45) is 0 Å². The summed E-state index contributed by atoms with van der Waals surface area (Å²) in [5, 5.41) is 0.650. The highest BCUT2D eigenvalue weighted by Crippen LogP contribution is 2.10. The predicted octanol–water partition coefficient (Wildman–Crippen LogP) is 2.64. The van der Waals surface area contributed by atoms with Gasteiger partial charge < -0.3 is 4.74 Å². The Hall–Kier alpha value is -0.440. The third-order valence-corrected chi connectivity index (χ3v) is 2.51. The second kappa shape index (κ2) is 7.01. The molecule has 0 aromatic heterocycles. The van der Waals surface area contributed by atoms with Crippen LogP contribution in [-0.2, 0) is 9.53 Å². The number of esters is 1. The van der Waals surface area contributed by atoms with Crippen molar-refractivity contribution in [2.75, 3.05) is 12.4 Å². The van der Waals surface area contributed by atoms with Crippen LogP contribution in [0.3, 0.4) is 0 Å². The Morgan fingerprint density at radius 1 is 1.54 bits per heavy atom. The maximum atomic E-state index is 10.9. The van der Waals surface area contributed by atoms with Crippen LogP contribution in [0.5, 0.6) is 0 Å². The lowest BCUT2D eigenvalue weighted by Crippen LogP contribution is -2.07. The molecule has 2 nitrogen and oxygen atoms in total. The minimum atomic E-state index is -0.283. The van der Waals surface area contributed by atoms with Gasteiger partial charge in [0.25, 0.3) is 0 Å². The largest absolute Gasteiger partial charge is 0.462 e. The minimum absolute atomic E-state index is 0.283. The summed E-state index contributed by atoms with van der Waals surface area (Å²) in [5.74, 6) is 0.760. The summed E-state index contributed by atoms with van der Waals surface area (Å²) >= 11 is 1.88. The maximum Gasteiger partial charge on any atom is 0.333 e. The summed E-state index contributed by atoms with van der Waals surface area (Å²) in [5.41, 5.74) is 0.469. The number of rotatable bonds is 6. The molecule has 0 atom stereocenters. The van der Waals surface area contributed by atoms with Crippen molar-refractivity contribution in [2.45, 2.75) is 32.4 Å². The van der Waals surface area contributed by atoms with Crippen LogP contribution < -0.4 is 0 Å². The molecule has 0 aliphatic heterocycles. The average molecular weight is 202 g/mol. The summed E-state index contributed by atoms with van der Waals surface area (Å²) in [6.07, 6.45) is 0.919. The number of thioether (sulfide) groups is 1. The maximum absolute atomic E-state index is 10.9. The van der Waals surface area contributed by atoms with Crippen LogP contribution in [0.2, 0.25) is 0 Å². The zero-order valence-corrected chi connectivity index (χ0v) is 9.45. The van der Waals surface area contributed by atoms with E-state index in [1.807, 2.05) is 11.8 Å². The van der Waals surface area contributed by atoms with Crippen LogP contribution in [0.25, 0.3) is 0 Å². The Morgan fingerprint density at radius 2 is 2.15 bits per heavy atom. The second-order valence-corrected chi connectivity index (χ2v) is 4.87. The summed E-state index contributed by atoms with van der Waals surface area (Å²) in [4.78, 5) is 10.9. The summed E-state index contributed by atoms with van der Waals surface area (Å²) in [6.45, 7) is 9.98. The van der Waals surface area contributed by atoms with Gasteiger partial charge in [0.15, 0.2) is 0 Å². The van der Waals surface area contributed by atoms with E-state index in [0.717, 1.165) is 12.2 Å². The third-order valence-electron chi connectivity index (χ3n) is 1.32. The lowest BCUT2D eigenvalue weighted by Gasteiger charge is -2.05. The van der Waals surface area contributed by atoms with E-state index in [-0.39, 0.29) is 5.97 Å². The number of ether oxygens (including phenoxy) is 1. The molecule has 0 fully saturated rings. The Morgan fingerprint density at radius 3 is 2.62 bits per heavy atom. The molecule has 0 unspecified atom stereocenters. The molecule has 0 rings (SSSR count). The van der Waals surface area contributed by atoms with E-state index in [9.17, 15) is 4.79 Å². The van der Waals surface area contributed by atoms with E-state index >= 15 is 0 Å². The Kier molecular flexibility index (Phi) is 6.77. The molecule has 0 radical (unpaired) electrons. The number of carbonyl (C=O) groups is 1. The Bertz CT molecular complexity index is 176. The molecule has 13 heavy (non-hydrogen) atoms. The van der Waals surface area contributed by atoms with Gasteiger partial charge in [-0.15, -0.1) is 0 Å². The molecule has 0 spiro atoms. The smallest absolute Gasteiger partial charge is 0.333 e. The normalized spacial score (nSPS) is 10.2. The van der Waals surface area contributed by atoms with Gasteiger partial charge in [0.05, 0.1) is 6.61 Å². The predicted molar refractivity (Wildman–Crippen MR) is 58.0 cm³/mol. The Balaban J connectivity index is 3.26. The van der Waals surface area contributed by atoms with E-state index in [1.165, 1.54) is 0 Å². The Labute approximate surface area is 84.7 Å². The monoisotopic (exact) mass is 202 g/mol. The van der Waals surface area contributed by atoms with Gasteiger partial charge in [0, 0.05) is 5.57 Å². The van der Waals surface area contributed by atoms with E-state index in [4.69, 9.17) is 4.74 Å². The third kappa shape index (κ3) is 7.91. The van der Waals surface area contributed by atoms with Gasteiger partial charge >= 0.3 is 5.97 Å². The first-order valence-electron chi connectivity index (χ1n) is 4.48. The number of hydrogen-bond acceptors (Lipinski definition) is 3. The molecule has 0 aliphatic rings. The van der Waals surface area contributed by atoms with Crippen molar-refractivity contribution in [3.63, 3.8) is 0 Å². The quantitative estimate of drug-likeness (QED) is 0.376. The molecule has 0 saturated heterocycles. The lowest BCUT2D eigenvalue weighted by molar-refractivity contribution is -0.138. The van der Waals surface area contributed by atoms with Gasteiger partial charge in [-0.3, -0.25) is 0 Å². The fraction of sp³-hybridized carbons (Fsp3) is 0.700. The molecule has 0 amide bonds. The lowest BCUT2D eigenvalue weighted by atomic mass is 10.4. The highest BCUT2D eigenvalue weighted by molar-refractivity contribution is 7.99. The van der Waals surface area contributed by atoms with Crippen LogP contribution in [0.1, 0.15) is 27.2 Å². The van der Waals surface area contributed by atoms with Crippen molar-refractivity contribution in [3.8, 4) is 0 Å². The van der Waals surface area contributed by atoms with Crippen LogP contribution in [0.15, 0.2) is 12.2 Å². The molecule has 0 bridgehead atoms. The van der Waals surface area contributed by atoms with Gasteiger partial charge in [-0.05, 0) is 24.3 Å². The molecule has 0 aromatic carbocycles. The van der Waals surface area contributed by atoms with Gasteiger partial charge in [0.1, 0.15) is 0 Å². The number of hydrogen-bond donors (Lipinski definition) is 0. The molecule has 0 saturated carbocycles. The second-order valence-electron chi connectivity index (χ2n) is 3.19. The molecule has 3 heteroatoms. The van der Waals surface area contributed by atoms with E-state index in [1.54, 1.807) is 6.92 Å². The van der Waals surface area contributed by atoms with Crippen molar-refractivity contribution < 1.29 is 9.53 Å². The molecule has 0 heterocycles. The van der Waals surface area contributed by atoms with Gasteiger partial charge in [-0.1, -0.05) is 20.4 Å². The molecular formula is C10H18O2S. The fourth-order valence-electron chi connectivity index (χ4n) is 0.666. The summed E-state index contributed by atoms with van der Waals surface area (Å²) in [6, 6.07) is 0. The van der Waals surface area contributed by atoms with Crippen LogP contribution in [-0.4, -0.2) is 23.6 Å². The first-order chi connectivity index (χ1) is 6.04. The standard InChI is InChI=1S/C10H18O2S/c1-8(2)10(11)12-6-5-7-13-9(3)4/h9H,1,5-7H2,2-4H3. The number of carbonyl (C=O) groups excluding carboxylic acids is 1. The van der Waals surface area contributed by atoms with Gasteiger partial charge in [-0.25, -0.2) is 4.79 Å². The summed E-state index contributed by atoms with van der Waals surface area (Å²) in [7, 11) is 0. The average Bonchev–Trinajstić information content (AvgIpc) is 2.02. The van der Waals surface area contributed by atoms with E-state index in [2.05, 4.69) is 20.4 Å². The van der Waals surface area contributed by atoms with Gasteiger partial charge in [-0.2, -0.15) is 11.8 Å². The molecular weight excluding hydrogens is 184 g/mol. The van der Waals surface area contributed by atoms with Crippen LogP contribution in [0, 0.1) is 0 Å². The molecule has 76 valence electrons. The zero-order valence-electron chi connectivity index (χ0n) is 8.63. The molecule has 0 aromatic rings. The van der Waals surface area contributed by atoms with Crippen molar-refractivity contribution in [1.29, 1.82) is 0 Å². The topological polar surface area (TPSA) is 26.3 Å². The SMILES string of the molecule is C=C(C)C(=O)OCCCSC(C)C. The first-order valence-corrected chi connectivity index (χ1v) is 5.53. The first kappa shape index (κ1) is 12.6. The molecule has 0 aliphatic carbocycles. The van der Waals surface area contributed by atoms with Crippen molar-refractivity contribution >= 4 is 17.7 Å². The highest BCUT2D eigenvalue weighted by atomic mass is 32.2. The zero-order chi connectivity index (χ0) is 10.3. The van der Waals surface area contributed by atoms with E-state index in [0.29, 0.717) is 17.4 Å².